The number of piperazine rings is 1. The first-order chi connectivity index (χ1) is 12.7. The summed E-state index contributed by atoms with van der Waals surface area (Å²) in [4.78, 5) is 30.6. The number of carbonyl (C=O) groups is 2. The van der Waals surface area contributed by atoms with Crippen LogP contribution in [0, 0.1) is 0 Å². The number of aromatic nitrogens is 1. The minimum Gasteiger partial charge on any atom is -0.460 e. The Labute approximate surface area is 150 Å². The van der Waals surface area contributed by atoms with E-state index < -0.39 is 0 Å². The van der Waals surface area contributed by atoms with Crippen molar-refractivity contribution >= 4 is 28.5 Å². The number of carbonyl (C=O) groups excluding carboxylic acids is 2. The van der Waals surface area contributed by atoms with Crippen LogP contribution in [0.15, 0.2) is 22.9 Å². The molecule has 0 saturated carbocycles. The van der Waals surface area contributed by atoms with E-state index in [1.165, 1.54) is 6.42 Å². The van der Waals surface area contributed by atoms with E-state index >= 15 is 0 Å². The summed E-state index contributed by atoms with van der Waals surface area (Å²) in [5.74, 6) is -0.170. The lowest BCUT2D eigenvalue weighted by Crippen LogP contribution is -2.47. The molecule has 3 aliphatic heterocycles. The number of furan rings is 1. The van der Waals surface area contributed by atoms with E-state index in [-0.39, 0.29) is 24.4 Å². The molecular formula is C18H21N5O3. The standard InChI is InChI=1S/C18H21N5O3/c24-17-8-23(4-3-19-17)15-9-26-16-7-20-14(6-11(15)16)18(25)22-13-5-10-1-2-12(13)21-10/h6-7,9-10,12-13,21H,1-5,8H2,(H,19,24)(H,22,25)/t10-,12+,13-/m1/s1. The monoisotopic (exact) mass is 355 g/mol. The molecule has 0 aromatic carbocycles. The van der Waals surface area contributed by atoms with Gasteiger partial charge in [-0.2, -0.15) is 0 Å². The molecular weight excluding hydrogens is 334 g/mol. The van der Waals surface area contributed by atoms with Crippen molar-refractivity contribution in [2.45, 2.75) is 37.4 Å². The van der Waals surface area contributed by atoms with Crippen molar-refractivity contribution in [2.24, 2.45) is 0 Å². The van der Waals surface area contributed by atoms with Gasteiger partial charge in [0.2, 0.25) is 5.91 Å². The second-order valence-corrected chi connectivity index (χ2v) is 7.32. The molecule has 3 atom stereocenters. The Balaban J connectivity index is 1.39. The first kappa shape index (κ1) is 15.6. The van der Waals surface area contributed by atoms with Crippen LogP contribution in [0.4, 0.5) is 5.69 Å². The topological polar surface area (TPSA) is 99.5 Å². The summed E-state index contributed by atoms with van der Waals surface area (Å²) in [5.41, 5.74) is 1.82. The molecule has 2 aromatic heterocycles. The predicted octanol–water partition coefficient (Wildman–Crippen LogP) is 0.387. The van der Waals surface area contributed by atoms with Gasteiger partial charge >= 0.3 is 0 Å². The van der Waals surface area contributed by atoms with Crippen LogP contribution >= 0.6 is 0 Å². The van der Waals surface area contributed by atoms with Crippen LogP contribution in [0.25, 0.3) is 11.0 Å². The zero-order valence-corrected chi connectivity index (χ0v) is 14.3. The summed E-state index contributed by atoms with van der Waals surface area (Å²) in [6, 6.07) is 2.85. The average Bonchev–Trinajstić information content (AvgIpc) is 3.36. The van der Waals surface area contributed by atoms with E-state index in [4.69, 9.17) is 4.42 Å². The van der Waals surface area contributed by atoms with E-state index in [1.807, 2.05) is 4.90 Å². The zero-order chi connectivity index (χ0) is 17.7. The number of hydrogen-bond acceptors (Lipinski definition) is 6. The Hall–Kier alpha value is -2.61. The molecule has 8 heteroatoms. The van der Waals surface area contributed by atoms with Crippen LogP contribution in [0.2, 0.25) is 0 Å². The maximum absolute atomic E-state index is 12.7. The Morgan fingerprint density at radius 1 is 1.38 bits per heavy atom. The van der Waals surface area contributed by atoms with Crippen LogP contribution in [0.1, 0.15) is 29.8 Å². The number of nitrogens with one attached hydrogen (secondary N) is 3. The van der Waals surface area contributed by atoms with Gasteiger partial charge in [-0.1, -0.05) is 0 Å². The highest BCUT2D eigenvalue weighted by atomic mass is 16.3. The van der Waals surface area contributed by atoms with E-state index in [1.54, 1.807) is 18.5 Å². The molecule has 2 aromatic rings. The Bertz CT molecular complexity index is 879. The summed E-state index contributed by atoms with van der Waals surface area (Å²) >= 11 is 0. The van der Waals surface area contributed by atoms with Gasteiger partial charge < -0.3 is 25.3 Å². The fourth-order valence-electron chi connectivity index (χ4n) is 4.36. The highest BCUT2D eigenvalue weighted by Crippen LogP contribution is 2.30. The SMILES string of the molecule is O=C1CN(c2coc3cnc(C(=O)N[C@@H]4C[C@H]5CC[C@@H]4N5)cc23)CCN1. The molecule has 2 amide bonds. The third kappa shape index (κ3) is 2.61. The minimum atomic E-state index is -0.158. The normalized spacial score (nSPS) is 27.8. The summed E-state index contributed by atoms with van der Waals surface area (Å²) in [7, 11) is 0. The molecule has 3 fully saturated rings. The molecule has 136 valence electrons. The van der Waals surface area contributed by atoms with Crippen molar-refractivity contribution in [3.05, 3.63) is 24.2 Å². The second-order valence-electron chi connectivity index (χ2n) is 7.32. The zero-order valence-electron chi connectivity index (χ0n) is 14.3. The largest absolute Gasteiger partial charge is 0.460 e. The molecule has 3 saturated heterocycles. The summed E-state index contributed by atoms with van der Waals surface area (Å²) in [5, 5.41) is 10.3. The molecule has 0 aliphatic carbocycles. The van der Waals surface area contributed by atoms with Crippen molar-refractivity contribution < 1.29 is 14.0 Å². The van der Waals surface area contributed by atoms with E-state index in [0.29, 0.717) is 36.5 Å². The van der Waals surface area contributed by atoms with Crippen molar-refractivity contribution in [2.75, 3.05) is 24.5 Å². The van der Waals surface area contributed by atoms with Crippen LogP contribution in [-0.4, -0.2) is 54.6 Å². The van der Waals surface area contributed by atoms with Gasteiger partial charge in [0.15, 0.2) is 5.58 Å². The van der Waals surface area contributed by atoms with Crippen molar-refractivity contribution in [3.63, 3.8) is 0 Å². The third-order valence-electron chi connectivity index (χ3n) is 5.67. The lowest BCUT2D eigenvalue weighted by Gasteiger charge is -2.27. The fraction of sp³-hybridized carbons (Fsp3) is 0.500. The van der Waals surface area contributed by atoms with Gasteiger partial charge in [0.1, 0.15) is 12.0 Å². The van der Waals surface area contributed by atoms with Gasteiger partial charge in [-0.3, -0.25) is 9.59 Å². The van der Waals surface area contributed by atoms with Crippen LogP contribution < -0.4 is 20.9 Å². The number of rotatable bonds is 3. The number of anilines is 1. The highest BCUT2D eigenvalue weighted by Gasteiger charge is 2.39. The summed E-state index contributed by atoms with van der Waals surface area (Å²) < 4.78 is 5.57. The fourth-order valence-corrected chi connectivity index (χ4v) is 4.36. The lowest BCUT2D eigenvalue weighted by atomic mass is 9.95. The molecule has 8 nitrogen and oxygen atoms in total. The quantitative estimate of drug-likeness (QED) is 0.736. The third-order valence-corrected chi connectivity index (χ3v) is 5.67. The maximum Gasteiger partial charge on any atom is 0.270 e. The van der Waals surface area contributed by atoms with Crippen LogP contribution in [0.3, 0.4) is 0 Å². The number of amides is 2. The van der Waals surface area contributed by atoms with Crippen molar-refractivity contribution in [1.82, 2.24) is 20.9 Å². The van der Waals surface area contributed by atoms with Crippen LogP contribution in [-0.2, 0) is 4.79 Å². The number of fused-ring (bicyclic) bond motifs is 3. The minimum absolute atomic E-state index is 0.0126. The van der Waals surface area contributed by atoms with Gasteiger partial charge in [-0.05, 0) is 25.3 Å². The maximum atomic E-state index is 12.7. The Morgan fingerprint density at radius 3 is 3.08 bits per heavy atom. The molecule has 3 aliphatic rings. The predicted molar refractivity (Wildman–Crippen MR) is 95.0 cm³/mol. The number of pyridine rings is 1. The highest BCUT2D eigenvalue weighted by molar-refractivity contribution is 6.00. The molecule has 5 heterocycles. The van der Waals surface area contributed by atoms with Gasteiger partial charge in [0, 0.05) is 36.6 Å². The Kier molecular flexibility index (Phi) is 3.59. The van der Waals surface area contributed by atoms with E-state index in [2.05, 4.69) is 20.9 Å². The van der Waals surface area contributed by atoms with Crippen LogP contribution in [0.5, 0.6) is 0 Å². The average molecular weight is 355 g/mol. The molecule has 0 radical (unpaired) electrons. The molecule has 0 spiro atoms. The lowest BCUT2D eigenvalue weighted by molar-refractivity contribution is -0.120. The molecule has 26 heavy (non-hydrogen) atoms. The van der Waals surface area contributed by atoms with Gasteiger partial charge in [-0.15, -0.1) is 0 Å². The molecule has 3 N–H and O–H groups in total. The molecule has 2 bridgehead atoms. The van der Waals surface area contributed by atoms with Crippen molar-refractivity contribution in [1.29, 1.82) is 0 Å². The molecule has 5 rings (SSSR count). The van der Waals surface area contributed by atoms with Gasteiger partial charge in [0.25, 0.3) is 5.91 Å². The first-order valence-corrected chi connectivity index (χ1v) is 9.13. The van der Waals surface area contributed by atoms with E-state index in [9.17, 15) is 9.59 Å². The van der Waals surface area contributed by atoms with Gasteiger partial charge in [0.05, 0.1) is 18.4 Å². The summed E-state index contributed by atoms with van der Waals surface area (Å²) in [6.07, 6.45) is 6.51. The molecule has 0 unspecified atom stereocenters. The summed E-state index contributed by atoms with van der Waals surface area (Å²) in [6.45, 7) is 1.59. The van der Waals surface area contributed by atoms with E-state index in [0.717, 1.165) is 23.9 Å². The second kappa shape index (κ2) is 5.98. The smallest absolute Gasteiger partial charge is 0.270 e. The van der Waals surface area contributed by atoms with Crippen molar-refractivity contribution in [3.8, 4) is 0 Å². The Morgan fingerprint density at radius 2 is 2.31 bits per heavy atom. The number of nitrogens with zero attached hydrogens (tertiary/aromatic N) is 2. The number of hydrogen-bond donors (Lipinski definition) is 3. The van der Waals surface area contributed by atoms with Gasteiger partial charge in [-0.25, -0.2) is 4.98 Å². The first-order valence-electron chi connectivity index (χ1n) is 9.13.